The molecule has 1 amide bonds. The first-order valence-corrected chi connectivity index (χ1v) is 4.94. The molecule has 0 aliphatic carbocycles. The highest BCUT2D eigenvalue weighted by Crippen LogP contribution is 2.23. The zero-order valence-corrected chi connectivity index (χ0v) is 9.23. The highest BCUT2D eigenvalue weighted by atomic mass is 16.4. The lowest BCUT2D eigenvalue weighted by atomic mass is 10.3. The van der Waals surface area contributed by atoms with Crippen LogP contribution in [0.25, 0.3) is 0 Å². The topological polar surface area (TPSA) is 43.4 Å². The van der Waals surface area contributed by atoms with Gasteiger partial charge in [-0.15, -0.1) is 0 Å². The van der Waals surface area contributed by atoms with Crippen molar-refractivity contribution in [2.75, 3.05) is 6.67 Å². The fourth-order valence-electron chi connectivity index (χ4n) is 1.57. The van der Waals surface area contributed by atoms with Gasteiger partial charge in [-0.25, -0.2) is 4.48 Å². The molecule has 0 saturated heterocycles. The van der Waals surface area contributed by atoms with E-state index in [0.29, 0.717) is 12.7 Å². The van der Waals surface area contributed by atoms with Gasteiger partial charge in [0.1, 0.15) is 6.20 Å². The van der Waals surface area contributed by atoms with E-state index in [2.05, 4.69) is 0 Å². The Morgan fingerprint density at radius 1 is 1.43 bits per heavy atom. The van der Waals surface area contributed by atoms with Gasteiger partial charge in [-0.3, -0.25) is 0 Å². The van der Waals surface area contributed by atoms with Crippen LogP contribution in [0.2, 0.25) is 0 Å². The Morgan fingerprint density at radius 3 is 2.21 bits per heavy atom. The molecule has 0 aromatic rings. The van der Waals surface area contributed by atoms with E-state index in [4.69, 9.17) is 0 Å². The molecule has 1 aliphatic heterocycles. The minimum absolute atomic E-state index is 0.000000000000000444. The van der Waals surface area contributed by atoms with E-state index >= 15 is 0 Å². The van der Waals surface area contributed by atoms with Gasteiger partial charge in [-0.1, -0.05) is 0 Å². The minimum Gasteiger partial charge on any atom is -0.498 e. The Morgan fingerprint density at radius 2 is 2.00 bits per heavy atom. The Kier molecular flexibility index (Phi) is 2.85. The molecule has 0 N–H and O–H groups in total. The van der Waals surface area contributed by atoms with E-state index in [1.807, 2.05) is 38.8 Å². The van der Waals surface area contributed by atoms with Crippen molar-refractivity contribution in [3.63, 3.8) is 0 Å². The molecule has 0 bridgehead atoms. The molecule has 0 saturated carbocycles. The van der Waals surface area contributed by atoms with Crippen LogP contribution in [0.5, 0.6) is 0 Å². The zero-order valence-electron chi connectivity index (χ0n) is 9.23. The predicted octanol–water partition coefficient (Wildman–Crippen LogP) is 0.708. The summed E-state index contributed by atoms with van der Waals surface area (Å²) in [6.07, 6.45) is 2.53. The average molecular weight is 198 g/mol. The normalized spacial score (nSPS) is 26.6. The maximum atomic E-state index is 11.1. The third-order valence-electron chi connectivity index (χ3n) is 2.85. The fraction of sp³-hybridized carbons (Fsp3) is 0.700. The Hall–Kier alpha value is -1.03. The maximum absolute atomic E-state index is 11.1. The number of amides is 1. The lowest BCUT2D eigenvalue weighted by molar-refractivity contribution is -0.851. The maximum Gasteiger partial charge on any atom is 0.264 e. The molecule has 0 spiro atoms. The molecule has 0 fully saturated rings. The van der Waals surface area contributed by atoms with Crippen molar-refractivity contribution < 1.29 is 14.4 Å². The predicted molar refractivity (Wildman–Crippen MR) is 51.8 cm³/mol. The van der Waals surface area contributed by atoms with Crippen LogP contribution in [-0.4, -0.2) is 34.2 Å². The Bertz CT molecular complexity index is 261. The van der Waals surface area contributed by atoms with Crippen molar-refractivity contribution >= 4 is 6.09 Å². The monoisotopic (exact) mass is 198 g/mol. The summed E-state index contributed by atoms with van der Waals surface area (Å²) >= 11 is 0. The number of nitrogens with zero attached hydrogens (tertiary/aromatic N) is 2. The molecule has 80 valence electrons. The third kappa shape index (κ3) is 1.62. The van der Waals surface area contributed by atoms with Crippen LogP contribution in [0.15, 0.2) is 12.4 Å². The number of carbonyl (C=O) groups is 1. The lowest BCUT2D eigenvalue weighted by Crippen LogP contribution is -2.59. The van der Waals surface area contributed by atoms with Crippen LogP contribution in [0.1, 0.15) is 27.7 Å². The molecule has 0 aromatic heterocycles. The number of rotatable bonds is 2. The summed E-state index contributed by atoms with van der Waals surface area (Å²) in [6.45, 7) is 8.34. The van der Waals surface area contributed by atoms with Gasteiger partial charge < -0.3 is 14.8 Å². The first kappa shape index (κ1) is 11.0. The lowest BCUT2D eigenvalue weighted by Gasteiger charge is -2.36. The molecular weight excluding hydrogens is 180 g/mol. The molecule has 1 heterocycles. The van der Waals surface area contributed by atoms with Crippen molar-refractivity contribution in [3.05, 3.63) is 12.4 Å². The van der Waals surface area contributed by atoms with Crippen LogP contribution in [0.4, 0.5) is 4.79 Å². The van der Waals surface area contributed by atoms with Crippen LogP contribution in [0, 0.1) is 0 Å². The number of hydrogen-bond donors (Lipinski definition) is 0. The van der Waals surface area contributed by atoms with Gasteiger partial charge >= 0.3 is 0 Å². The largest absolute Gasteiger partial charge is 0.498 e. The molecular formula is C10H18N2O2. The van der Waals surface area contributed by atoms with Gasteiger partial charge in [0, 0.05) is 6.04 Å². The van der Waals surface area contributed by atoms with Crippen LogP contribution < -0.4 is 5.11 Å². The SMILES string of the molecule is CC(C)N1C=C[N+](C(=O)[O-])(C(C)C)C1. The van der Waals surface area contributed by atoms with E-state index in [0.717, 1.165) is 0 Å². The molecule has 1 rings (SSSR count). The standard InChI is InChI=1S/C10H18N2O2/c1-8(2)11-5-6-12(7-11,9(3)4)10(13)14/h5-6,8-9H,7H2,1-4H3. The van der Waals surface area contributed by atoms with Crippen molar-refractivity contribution in [2.45, 2.75) is 39.8 Å². The molecule has 1 aliphatic rings. The fourth-order valence-corrected chi connectivity index (χ4v) is 1.57. The van der Waals surface area contributed by atoms with Crippen LogP contribution in [0.3, 0.4) is 0 Å². The van der Waals surface area contributed by atoms with Gasteiger partial charge in [0.15, 0.2) is 6.67 Å². The first-order chi connectivity index (χ1) is 6.40. The highest BCUT2D eigenvalue weighted by molar-refractivity contribution is 5.55. The molecule has 14 heavy (non-hydrogen) atoms. The summed E-state index contributed by atoms with van der Waals surface area (Å²) in [5.41, 5.74) is 0. The number of quaternary nitrogens is 1. The van der Waals surface area contributed by atoms with Crippen LogP contribution in [-0.2, 0) is 0 Å². The van der Waals surface area contributed by atoms with Gasteiger partial charge in [0.25, 0.3) is 6.09 Å². The van der Waals surface area contributed by atoms with Crippen molar-refractivity contribution in [3.8, 4) is 0 Å². The molecule has 4 heteroatoms. The second kappa shape index (κ2) is 3.61. The van der Waals surface area contributed by atoms with Gasteiger partial charge in [0.05, 0.1) is 12.2 Å². The van der Waals surface area contributed by atoms with Crippen LogP contribution >= 0.6 is 0 Å². The van der Waals surface area contributed by atoms with E-state index < -0.39 is 6.09 Å². The van der Waals surface area contributed by atoms with E-state index in [1.165, 1.54) is 0 Å². The van der Waals surface area contributed by atoms with Crippen molar-refractivity contribution in [1.82, 2.24) is 4.90 Å². The summed E-state index contributed by atoms with van der Waals surface area (Å²) < 4.78 is -0.0990. The smallest absolute Gasteiger partial charge is 0.264 e. The third-order valence-corrected chi connectivity index (χ3v) is 2.85. The molecule has 1 unspecified atom stereocenters. The summed E-state index contributed by atoms with van der Waals surface area (Å²) in [6, 6.07) is 0.323. The van der Waals surface area contributed by atoms with E-state index in [1.54, 1.807) is 6.20 Å². The van der Waals surface area contributed by atoms with E-state index in [-0.39, 0.29) is 10.5 Å². The Labute approximate surface area is 85.0 Å². The molecule has 0 aromatic carbocycles. The molecule has 0 radical (unpaired) electrons. The van der Waals surface area contributed by atoms with Gasteiger partial charge in [0.2, 0.25) is 0 Å². The van der Waals surface area contributed by atoms with Crippen molar-refractivity contribution in [2.24, 2.45) is 0 Å². The second-order valence-corrected chi connectivity index (χ2v) is 4.34. The quantitative estimate of drug-likeness (QED) is 0.614. The minimum atomic E-state index is -1.03. The summed E-state index contributed by atoms with van der Waals surface area (Å²) in [4.78, 5) is 13.1. The number of hydrogen-bond acceptors (Lipinski definition) is 3. The van der Waals surface area contributed by atoms with Crippen molar-refractivity contribution in [1.29, 1.82) is 0 Å². The van der Waals surface area contributed by atoms with Gasteiger partial charge in [-0.2, -0.15) is 0 Å². The average Bonchev–Trinajstić information content (AvgIpc) is 2.48. The number of carbonyl (C=O) groups excluding carboxylic acids is 1. The molecule has 1 atom stereocenters. The first-order valence-electron chi connectivity index (χ1n) is 4.94. The summed E-state index contributed by atoms with van der Waals surface area (Å²) in [7, 11) is 0. The highest BCUT2D eigenvalue weighted by Gasteiger charge is 2.38. The Balaban J connectivity index is 2.87. The molecule has 4 nitrogen and oxygen atoms in total. The van der Waals surface area contributed by atoms with E-state index in [9.17, 15) is 9.90 Å². The number of carboxylic acid groups (broad SMARTS) is 1. The second-order valence-electron chi connectivity index (χ2n) is 4.34. The summed E-state index contributed by atoms with van der Waals surface area (Å²) in [5, 5.41) is 11.1. The summed E-state index contributed by atoms with van der Waals surface area (Å²) in [5.74, 6) is 0. The van der Waals surface area contributed by atoms with Gasteiger partial charge in [-0.05, 0) is 27.7 Å². The zero-order chi connectivity index (χ0) is 10.9.